The van der Waals surface area contributed by atoms with E-state index >= 15 is 0 Å². The van der Waals surface area contributed by atoms with Crippen molar-refractivity contribution in [3.63, 3.8) is 0 Å². The molecule has 1 rings (SSSR count). The molecule has 1 aliphatic heterocycles. The summed E-state index contributed by atoms with van der Waals surface area (Å²) in [5, 5.41) is 28.2. The van der Waals surface area contributed by atoms with Gasteiger partial charge >= 0.3 is 23.7 Å². The molecule has 0 radical (unpaired) electrons. The number of hydrogen-bond acceptors (Lipinski definition) is 9. The Kier molecular flexibility index (Phi) is 6.92. The third-order valence-electron chi connectivity index (χ3n) is 3.40. The predicted molar refractivity (Wildman–Crippen MR) is 73.0 cm³/mol. The molecule has 0 amide bonds. The van der Waals surface area contributed by atoms with Gasteiger partial charge in [0.2, 0.25) is 0 Å². The van der Waals surface area contributed by atoms with Crippen LogP contribution in [0.1, 0.15) is 58.3 Å². The number of aliphatic hydroxyl groups is 3. The summed E-state index contributed by atoms with van der Waals surface area (Å²) < 4.78 is 3.93. The standard InChI is InChI=1S/C14H22O9/c1-2-3-4-5-6-7-8-9-13(18,19)10(15)22-23-12(17)14(20)11(16)21-14/h18-20H,2-9H2,1H3. The van der Waals surface area contributed by atoms with Crippen molar-refractivity contribution in [3.8, 4) is 0 Å². The Labute approximate surface area is 133 Å². The molecular formula is C14H22O9. The Hall–Kier alpha value is -1.71. The van der Waals surface area contributed by atoms with Crippen molar-refractivity contribution in [3.05, 3.63) is 0 Å². The van der Waals surface area contributed by atoms with Crippen LogP contribution in [0.15, 0.2) is 0 Å². The molecular weight excluding hydrogens is 312 g/mol. The van der Waals surface area contributed by atoms with E-state index in [1.165, 1.54) is 0 Å². The van der Waals surface area contributed by atoms with Crippen LogP contribution in [0.5, 0.6) is 0 Å². The molecule has 1 heterocycles. The Morgan fingerprint density at radius 1 is 1.09 bits per heavy atom. The van der Waals surface area contributed by atoms with Crippen molar-refractivity contribution in [2.45, 2.75) is 69.9 Å². The van der Waals surface area contributed by atoms with Crippen LogP contribution in [0, 0.1) is 0 Å². The fraction of sp³-hybridized carbons (Fsp3) is 0.786. The maximum absolute atomic E-state index is 11.4. The van der Waals surface area contributed by atoms with Crippen LogP contribution in [-0.2, 0) is 28.9 Å². The summed E-state index contributed by atoms with van der Waals surface area (Å²) >= 11 is 0. The molecule has 3 N–H and O–H groups in total. The van der Waals surface area contributed by atoms with Gasteiger partial charge in [0.25, 0.3) is 5.79 Å². The van der Waals surface area contributed by atoms with Crippen LogP contribution in [-0.4, -0.2) is 44.8 Å². The summed E-state index contributed by atoms with van der Waals surface area (Å²) in [6.45, 7) is 2.11. The molecule has 1 unspecified atom stereocenters. The summed E-state index contributed by atoms with van der Waals surface area (Å²) in [5.41, 5.74) is 0. The molecule has 1 saturated heterocycles. The van der Waals surface area contributed by atoms with Gasteiger partial charge in [0.05, 0.1) is 0 Å². The quantitative estimate of drug-likeness (QED) is 0.126. The average Bonchev–Trinajstić information content (AvgIpc) is 3.12. The van der Waals surface area contributed by atoms with Crippen LogP contribution >= 0.6 is 0 Å². The Morgan fingerprint density at radius 3 is 2.13 bits per heavy atom. The molecule has 9 nitrogen and oxygen atoms in total. The molecule has 0 spiro atoms. The van der Waals surface area contributed by atoms with Gasteiger partial charge in [-0.3, -0.25) is 0 Å². The molecule has 0 aromatic rings. The molecule has 0 aliphatic carbocycles. The van der Waals surface area contributed by atoms with Gasteiger partial charge in [0.1, 0.15) is 0 Å². The zero-order chi connectivity index (χ0) is 17.5. The summed E-state index contributed by atoms with van der Waals surface area (Å²) in [6, 6.07) is 0. The minimum atomic E-state index is -2.82. The molecule has 0 aromatic heterocycles. The molecule has 1 aliphatic rings. The van der Waals surface area contributed by atoms with Crippen LogP contribution < -0.4 is 0 Å². The highest BCUT2D eigenvalue weighted by Crippen LogP contribution is 2.27. The SMILES string of the molecule is CCCCCCCCCC(O)(O)C(=O)OOC(=O)C1(O)OC1=O. The van der Waals surface area contributed by atoms with E-state index in [1.807, 2.05) is 0 Å². The van der Waals surface area contributed by atoms with Crippen molar-refractivity contribution >= 4 is 17.9 Å². The third kappa shape index (κ3) is 5.77. The van der Waals surface area contributed by atoms with E-state index in [0.717, 1.165) is 32.1 Å². The minimum absolute atomic E-state index is 0.295. The smallest absolute Gasteiger partial charge is 0.407 e. The van der Waals surface area contributed by atoms with Gasteiger partial charge in [-0.05, 0) is 6.42 Å². The average molecular weight is 334 g/mol. The van der Waals surface area contributed by atoms with Crippen LogP contribution in [0.4, 0.5) is 0 Å². The van der Waals surface area contributed by atoms with Crippen LogP contribution in [0.2, 0.25) is 0 Å². The molecule has 0 aromatic carbocycles. The third-order valence-corrected chi connectivity index (χ3v) is 3.40. The maximum Gasteiger partial charge on any atom is 0.439 e. The van der Waals surface area contributed by atoms with E-state index in [1.54, 1.807) is 0 Å². The van der Waals surface area contributed by atoms with Gasteiger partial charge in [-0.15, -0.1) is 0 Å². The van der Waals surface area contributed by atoms with E-state index in [0.29, 0.717) is 12.8 Å². The second-order valence-electron chi connectivity index (χ2n) is 5.46. The summed E-state index contributed by atoms with van der Waals surface area (Å²) in [5.74, 6) is -10.1. The number of hydrogen-bond donors (Lipinski definition) is 3. The summed E-state index contributed by atoms with van der Waals surface area (Å²) in [7, 11) is 0. The monoisotopic (exact) mass is 334 g/mol. The molecule has 0 saturated carbocycles. The van der Waals surface area contributed by atoms with Gasteiger partial charge in [-0.1, -0.05) is 45.4 Å². The lowest BCUT2D eigenvalue weighted by Crippen LogP contribution is -2.41. The highest BCUT2D eigenvalue weighted by atomic mass is 17.2. The normalized spacial score (nSPS) is 19.9. The van der Waals surface area contributed by atoms with Crippen LogP contribution in [0.25, 0.3) is 0 Å². The van der Waals surface area contributed by atoms with Crippen molar-refractivity contribution in [1.82, 2.24) is 0 Å². The first-order chi connectivity index (χ1) is 10.7. The number of unbranched alkanes of at least 4 members (excludes halogenated alkanes) is 6. The zero-order valence-corrected chi connectivity index (χ0v) is 12.9. The predicted octanol–water partition coefficient (Wildman–Crippen LogP) is 0.0548. The highest BCUT2D eigenvalue weighted by Gasteiger charge is 2.67. The Morgan fingerprint density at radius 2 is 1.61 bits per heavy atom. The fourth-order valence-corrected chi connectivity index (χ4v) is 1.86. The number of cyclic esters (lactones) is 1. The highest BCUT2D eigenvalue weighted by molar-refractivity contribution is 6.11. The molecule has 132 valence electrons. The Bertz CT molecular complexity index is 446. The number of epoxide rings is 1. The second kappa shape index (κ2) is 8.23. The van der Waals surface area contributed by atoms with Crippen molar-refractivity contribution < 1.29 is 44.2 Å². The number of rotatable bonds is 10. The van der Waals surface area contributed by atoms with Crippen LogP contribution in [0.3, 0.4) is 0 Å². The second-order valence-corrected chi connectivity index (χ2v) is 5.46. The summed E-state index contributed by atoms with van der Waals surface area (Å²) in [4.78, 5) is 40.8. The van der Waals surface area contributed by atoms with Crippen molar-refractivity contribution in [2.24, 2.45) is 0 Å². The topological polar surface area (TPSA) is 143 Å². The van der Waals surface area contributed by atoms with Gasteiger partial charge in [0, 0.05) is 6.42 Å². The summed E-state index contributed by atoms with van der Waals surface area (Å²) in [6.07, 6.45) is 6.12. The number of carbonyl (C=O) groups excluding carboxylic acids is 3. The molecule has 0 bridgehead atoms. The van der Waals surface area contributed by atoms with E-state index in [9.17, 15) is 24.6 Å². The van der Waals surface area contributed by atoms with E-state index in [2.05, 4.69) is 21.4 Å². The number of carbonyl (C=O) groups is 3. The largest absolute Gasteiger partial charge is 0.439 e. The molecule has 9 heteroatoms. The Balaban J connectivity index is 2.20. The first kappa shape index (κ1) is 19.3. The van der Waals surface area contributed by atoms with Gasteiger partial charge < -0.3 is 20.1 Å². The van der Waals surface area contributed by atoms with Gasteiger partial charge in [0.15, 0.2) is 0 Å². The number of ether oxygens (including phenoxy) is 1. The van der Waals surface area contributed by atoms with Crippen molar-refractivity contribution in [1.29, 1.82) is 0 Å². The van der Waals surface area contributed by atoms with Gasteiger partial charge in [-0.2, -0.15) is 0 Å². The minimum Gasteiger partial charge on any atom is -0.407 e. The van der Waals surface area contributed by atoms with E-state index in [4.69, 9.17) is 5.11 Å². The maximum atomic E-state index is 11.4. The van der Waals surface area contributed by atoms with Gasteiger partial charge in [-0.25, -0.2) is 24.2 Å². The molecule has 23 heavy (non-hydrogen) atoms. The lowest BCUT2D eigenvalue weighted by molar-refractivity contribution is -0.296. The van der Waals surface area contributed by atoms with Crippen molar-refractivity contribution in [2.75, 3.05) is 0 Å². The molecule has 1 atom stereocenters. The lowest BCUT2D eigenvalue weighted by atomic mass is 10.0. The first-order valence-corrected chi connectivity index (χ1v) is 7.58. The fourth-order valence-electron chi connectivity index (χ4n) is 1.86. The zero-order valence-electron chi connectivity index (χ0n) is 12.9. The first-order valence-electron chi connectivity index (χ1n) is 7.58. The lowest BCUT2D eigenvalue weighted by Gasteiger charge is -2.18. The van der Waals surface area contributed by atoms with E-state index < -0.39 is 29.5 Å². The van der Waals surface area contributed by atoms with E-state index in [-0.39, 0.29) is 6.42 Å². The molecule has 1 fully saturated rings.